The average Bonchev–Trinajstić information content (AvgIpc) is 2.38. The molecule has 0 saturated heterocycles. The Morgan fingerprint density at radius 3 is 2.50 bits per heavy atom. The SMILES string of the molecule is CCCCCCCCC(=O)ONCCNCCN. The Balaban J connectivity index is 3.12. The Hall–Kier alpha value is -0.650. The average molecular weight is 259 g/mol. The largest absolute Gasteiger partial charge is 0.371 e. The molecule has 108 valence electrons. The molecule has 0 spiro atoms. The van der Waals surface area contributed by atoms with Crippen molar-refractivity contribution < 1.29 is 9.63 Å². The van der Waals surface area contributed by atoms with Crippen LogP contribution >= 0.6 is 0 Å². The molecule has 0 aliphatic carbocycles. The molecule has 0 bridgehead atoms. The van der Waals surface area contributed by atoms with Crippen molar-refractivity contribution in [3.05, 3.63) is 0 Å². The highest BCUT2D eigenvalue weighted by Crippen LogP contribution is 2.06. The van der Waals surface area contributed by atoms with Gasteiger partial charge in [0.15, 0.2) is 0 Å². The van der Waals surface area contributed by atoms with Crippen molar-refractivity contribution in [1.82, 2.24) is 10.8 Å². The summed E-state index contributed by atoms with van der Waals surface area (Å²) in [7, 11) is 0. The predicted octanol–water partition coefficient (Wildman–Crippen LogP) is 1.33. The summed E-state index contributed by atoms with van der Waals surface area (Å²) >= 11 is 0. The van der Waals surface area contributed by atoms with Crippen LogP contribution in [0.5, 0.6) is 0 Å². The van der Waals surface area contributed by atoms with Crippen molar-refractivity contribution in [2.45, 2.75) is 51.9 Å². The lowest BCUT2D eigenvalue weighted by molar-refractivity contribution is -0.151. The number of nitrogens with two attached hydrogens (primary N) is 1. The number of hydrogen-bond acceptors (Lipinski definition) is 5. The van der Waals surface area contributed by atoms with E-state index >= 15 is 0 Å². The summed E-state index contributed by atoms with van der Waals surface area (Å²) < 4.78 is 0. The van der Waals surface area contributed by atoms with Gasteiger partial charge in [0.2, 0.25) is 0 Å². The fraction of sp³-hybridized carbons (Fsp3) is 0.923. The minimum atomic E-state index is -0.163. The Morgan fingerprint density at radius 2 is 1.78 bits per heavy atom. The Kier molecular flexibility index (Phi) is 13.9. The monoisotopic (exact) mass is 259 g/mol. The Morgan fingerprint density at radius 1 is 1.06 bits per heavy atom. The third kappa shape index (κ3) is 13.4. The third-order valence-electron chi connectivity index (χ3n) is 2.65. The van der Waals surface area contributed by atoms with E-state index in [1.54, 1.807) is 0 Å². The normalized spacial score (nSPS) is 10.6. The number of carbonyl (C=O) groups is 1. The van der Waals surface area contributed by atoms with Crippen LogP contribution < -0.4 is 16.5 Å². The molecule has 18 heavy (non-hydrogen) atoms. The summed E-state index contributed by atoms with van der Waals surface area (Å²) in [6.07, 6.45) is 7.60. The lowest BCUT2D eigenvalue weighted by atomic mass is 10.1. The van der Waals surface area contributed by atoms with E-state index in [4.69, 9.17) is 10.6 Å². The topological polar surface area (TPSA) is 76.4 Å². The molecule has 0 aromatic heterocycles. The molecule has 0 rings (SSSR count). The van der Waals surface area contributed by atoms with Crippen LogP contribution in [0, 0.1) is 0 Å². The molecule has 0 atom stereocenters. The third-order valence-corrected chi connectivity index (χ3v) is 2.65. The number of hydroxylamine groups is 1. The van der Waals surface area contributed by atoms with E-state index in [1.165, 1.54) is 25.7 Å². The zero-order valence-electron chi connectivity index (χ0n) is 11.7. The van der Waals surface area contributed by atoms with E-state index in [9.17, 15) is 4.79 Å². The van der Waals surface area contributed by atoms with Crippen molar-refractivity contribution in [1.29, 1.82) is 0 Å². The van der Waals surface area contributed by atoms with Gasteiger partial charge in [-0.3, -0.25) is 4.79 Å². The second kappa shape index (κ2) is 14.4. The highest BCUT2D eigenvalue weighted by atomic mass is 16.7. The van der Waals surface area contributed by atoms with E-state index in [-0.39, 0.29) is 5.97 Å². The van der Waals surface area contributed by atoms with Crippen LogP contribution in [0.15, 0.2) is 0 Å². The van der Waals surface area contributed by atoms with Gasteiger partial charge in [-0.15, -0.1) is 0 Å². The van der Waals surface area contributed by atoms with E-state index in [0.29, 0.717) is 19.5 Å². The molecule has 5 nitrogen and oxygen atoms in total. The first kappa shape index (κ1) is 17.4. The van der Waals surface area contributed by atoms with Gasteiger partial charge >= 0.3 is 5.97 Å². The summed E-state index contributed by atoms with van der Waals surface area (Å²) in [5, 5.41) is 3.10. The molecule has 0 aromatic rings. The summed E-state index contributed by atoms with van der Waals surface area (Å²) in [6.45, 7) is 4.97. The summed E-state index contributed by atoms with van der Waals surface area (Å²) in [5.41, 5.74) is 7.97. The predicted molar refractivity (Wildman–Crippen MR) is 74.0 cm³/mol. The smallest absolute Gasteiger partial charge is 0.324 e. The minimum absolute atomic E-state index is 0.163. The summed E-state index contributed by atoms with van der Waals surface area (Å²) in [4.78, 5) is 16.2. The first-order valence-corrected chi connectivity index (χ1v) is 7.14. The Labute approximate surface area is 111 Å². The van der Waals surface area contributed by atoms with E-state index < -0.39 is 0 Å². The molecule has 0 saturated carbocycles. The lowest BCUT2D eigenvalue weighted by Crippen LogP contribution is -2.31. The molecular weight excluding hydrogens is 230 g/mol. The molecule has 0 radical (unpaired) electrons. The van der Waals surface area contributed by atoms with Gasteiger partial charge in [-0.1, -0.05) is 39.0 Å². The van der Waals surface area contributed by atoms with Crippen molar-refractivity contribution >= 4 is 5.97 Å². The van der Waals surface area contributed by atoms with Crippen molar-refractivity contribution in [2.75, 3.05) is 26.2 Å². The minimum Gasteiger partial charge on any atom is -0.371 e. The van der Waals surface area contributed by atoms with Crippen LogP contribution in [0.4, 0.5) is 0 Å². The van der Waals surface area contributed by atoms with Crippen LogP contribution in [-0.4, -0.2) is 32.1 Å². The lowest BCUT2D eigenvalue weighted by Gasteiger charge is -2.06. The van der Waals surface area contributed by atoms with Gasteiger partial charge in [0.1, 0.15) is 0 Å². The van der Waals surface area contributed by atoms with Gasteiger partial charge < -0.3 is 15.9 Å². The molecule has 0 amide bonds. The molecule has 0 heterocycles. The van der Waals surface area contributed by atoms with E-state index in [1.807, 2.05) is 0 Å². The quantitative estimate of drug-likeness (QED) is 0.344. The molecule has 0 aliphatic heterocycles. The number of hydrogen-bond donors (Lipinski definition) is 3. The van der Waals surface area contributed by atoms with Gasteiger partial charge in [-0.25, -0.2) is 0 Å². The highest BCUT2D eigenvalue weighted by molar-refractivity contribution is 5.68. The van der Waals surface area contributed by atoms with Crippen molar-refractivity contribution in [3.63, 3.8) is 0 Å². The second-order valence-corrected chi connectivity index (χ2v) is 4.42. The fourth-order valence-corrected chi connectivity index (χ4v) is 1.60. The summed E-state index contributed by atoms with van der Waals surface area (Å²) in [6, 6.07) is 0. The molecule has 5 heteroatoms. The molecule has 0 fully saturated rings. The standard InChI is InChI=1S/C13H29N3O2/c1-2-3-4-5-6-7-8-13(17)18-16-12-11-15-10-9-14/h15-16H,2-12,14H2,1H3. The van der Waals surface area contributed by atoms with Crippen molar-refractivity contribution in [2.24, 2.45) is 5.73 Å². The van der Waals surface area contributed by atoms with Crippen LogP contribution in [0.25, 0.3) is 0 Å². The van der Waals surface area contributed by atoms with Gasteiger partial charge in [0, 0.05) is 32.6 Å². The van der Waals surface area contributed by atoms with Gasteiger partial charge in [-0.05, 0) is 6.42 Å². The first-order valence-electron chi connectivity index (χ1n) is 7.14. The zero-order chi connectivity index (χ0) is 13.5. The maximum atomic E-state index is 11.3. The fourth-order valence-electron chi connectivity index (χ4n) is 1.60. The van der Waals surface area contributed by atoms with Gasteiger partial charge in [0.05, 0.1) is 0 Å². The van der Waals surface area contributed by atoms with Crippen LogP contribution in [0.2, 0.25) is 0 Å². The van der Waals surface area contributed by atoms with E-state index in [2.05, 4.69) is 17.7 Å². The molecule has 4 N–H and O–H groups in total. The number of unbranched alkanes of at least 4 members (excludes halogenated alkanes) is 5. The second-order valence-electron chi connectivity index (χ2n) is 4.42. The Bertz CT molecular complexity index is 171. The van der Waals surface area contributed by atoms with Gasteiger partial charge in [0.25, 0.3) is 0 Å². The maximum Gasteiger partial charge on any atom is 0.324 e. The number of rotatable bonds is 13. The molecule has 0 aromatic carbocycles. The van der Waals surface area contributed by atoms with Gasteiger partial charge in [-0.2, -0.15) is 5.48 Å². The van der Waals surface area contributed by atoms with Crippen molar-refractivity contribution in [3.8, 4) is 0 Å². The zero-order valence-corrected chi connectivity index (χ0v) is 11.7. The maximum absolute atomic E-state index is 11.3. The first-order chi connectivity index (χ1) is 8.81. The van der Waals surface area contributed by atoms with E-state index in [0.717, 1.165) is 25.9 Å². The van der Waals surface area contributed by atoms with Crippen LogP contribution in [0.1, 0.15) is 51.9 Å². The molecule has 0 aliphatic rings. The molecular formula is C13H29N3O2. The number of carbonyl (C=O) groups excluding carboxylic acids is 1. The van der Waals surface area contributed by atoms with Crippen LogP contribution in [-0.2, 0) is 9.63 Å². The highest BCUT2D eigenvalue weighted by Gasteiger charge is 2.02. The number of nitrogens with one attached hydrogen (secondary N) is 2. The summed E-state index contributed by atoms with van der Waals surface area (Å²) in [5.74, 6) is -0.163. The van der Waals surface area contributed by atoms with Crippen LogP contribution in [0.3, 0.4) is 0 Å². The molecule has 0 unspecified atom stereocenters.